The Morgan fingerprint density at radius 1 is 1.25 bits per heavy atom. The highest BCUT2D eigenvalue weighted by Crippen LogP contribution is 2.17. The lowest BCUT2D eigenvalue weighted by Gasteiger charge is -2.25. The average Bonchev–Trinajstić information content (AvgIpc) is 2.50. The molecule has 0 radical (unpaired) electrons. The zero-order valence-electron chi connectivity index (χ0n) is 15.5. The van der Waals surface area contributed by atoms with Gasteiger partial charge in [0.1, 0.15) is 0 Å². The monoisotopic (exact) mass is 366 g/mol. The van der Waals surface area contributed by atoms with Gasteiger partial charge in [-0.2, -0.15) is 0 Å². The van der Waals surface area contributed by atoms with Crippen LogP contribution in [0, 0.1) is 5.92 Å². The fourth-order valence-corrected chi connectivity index (χ4v) is 2.58. The summed E-state index contributed by atoms with van der Waals surface area (Å²) in [5, 5.41) is 0. The number of rotatable bonds is 13. The molecule has 0 bridgehead atoms. The maximum atomic E-state index is 5.93. The molecule has 0 aromatic rings. The second-order valence-electron chi connectivity index (χ2n) is 6.45. The van der Waals surface area contributed by atoms with Gasteiger partial charge in [0.2, 0.25) is 0 Å². The van der Waals surface area contributed by atoms with Crippen LogP contribution in [-0.4, -0.2) is 29.8 Å². The maximum absolute atomic E-state index is 5.93. The molecule has 0 saturated carbocycles. The molecular formula is C19H31BO2S2. The molecule has 24 heavy (non-hydrogen) atoms. The normalized spacial score (nSPS) is 12.6. The third kappa shape index (κ3) is 12.8. The van der Waals surface area contributed by atoms with Crippen LogP contribution in [0.2, 0.25) is 0 Å². The van der Waals surface area contributed by atoms with Gasteiger partial charge >= 0.3 is 6.76 Å². The Labute approximate surface area is 158 Å². The van der Waals surface area contributed by atoms with Crippen molar-refractivity contribution in [3.8, 4) is 0 Å². The number of ether oxygens (including phenoxy) is 1. The van der Waals surface area contributed by atoms with Crippen LogP contribution < -0.4 is 0 Å². The summed E-state index contributed by atoms with van der Waals surface area (Å²) in [6.07, 6.45) is 11.1. The van der Waals surface area contributed by atoms with E-state index in [-0.39, 0.29) is 5.60 Å². The van der Waals surface area contributed by atoms with Gasteiger partial charge in [0.15, 0.2) is 0 Å². The van der Waals surface area contributed by atoms with E-state index in [0.29, 0.717) is 19.3 Å². The Hall–Kier alpha value is -0.615. The van der Waals surface area contributed by atoms with Crippen molar-refractivity contribution in [2.45, 2.75) is 46.1 Å². The van der Waals surface area contributed by atoms with Gasteiger partial charge in [-0.25, -0.2) is 0 Å². The smallest absolute Gasteiger partial charge is 0.348 e. The van der Waals surface area contributed by atoms with E-state index in [1.165, 1.54) is 11.6 Å². The van der Waals surface area contributed by atoms with Crippen LogP contribution in [0.15, 0.2) is 49.1 Å². The zero-order valence-corrected chi connectivity index (χ0v) is 17.2. The minimum atomic E-state index is -0.152. The summed E-state index contributed by atoms with van der Waals surface area (Å²) in [7, 11) is 0. The van der Waals surface area contributed by atoms with Crippen LogP contribution in [0.4, 0.5) is 0 Å². The first-order chi connectivity index (χ1) is 11.3. The topological polar surface area (TPSA) is 18.5 Å². The van der Waals surface area contributed by atoms with Gasteiger partial charge in [0, 0.05) is 13.2 Å². The molecule has 0 amide bonds. The lowest BCUT2D eigenvalue weighted by Crippen LogP contribution is -2.27. The Morgan fingerprint density at radius 3 is 2.54 bits per heavy atom. The highest BCUT2D eigenvalue weighted by Gasteiger charge is 2.18. The van der Waals surface area contributed by atoms with Gasteiger partial charge in [-0.15, -0.1) is 11.6 Å². The molecule has 0 unspecified atom stereocenters. The molecule has 0 aromatic heterocycles. The third-order valence-corrected chi connectivity index (χ3v) is 4.63. The molecule has 134 valence electrons. The largest absolute Gasteiger partial charge is 0.428 e. The summed E-state index contributed by atoms with van der Waals surface area (Å²) in [5.41, 5.74) is 0.798. The van der Waals surface area contributed by atoms with Crippen LogP contribution in [0.5, 0.6) is 0 Å². The molecule has 0 rings (SSSR count). The van der Waals surface area contributed by atoms with Crippen LogP contribution >= 0.6 is 23.8 Å². The first-order valence-corrected chi connectivity index (χ1v) is 9.72. The first kappa shape index (κ1) is 23.4. The number of allylic oxidation sites excluding steroid dienone is 5. The van der Waals surface area contributed by atoms with Crippen LogP contribution in [0.25, 0.3) is 0 Å². The average molecular weight is 366 g/mol. The molecule has 0 fully saturated rings. The van der Waals surface area contributed by atoms with Crippen molar-refractivity contribution >= 4 is 34.8 Å². The Morgan fingerprint density at radius 2 is 1.96 bits per heavy atom. The van der Waals surface area contributed by atoms with E-state index < -0.39 is 0 Å². The molecule has 0 spiro atoms. The fourth-order valence-electron chi connectivity index (χ4n) is 1.69. The summed E-state index contributed by atoms with van der Waals surface area (Å²) in [4.78, 5) is 0. The molecular weight excluding hydrogens is 335 g/mol. The number of hydrogen-bond acceptors (Lipinski definition) is 4. The standard InChI is InChI=1S/C19H31BO2S2/c1-7-9-11-17(10-8-2)18(23)24-20-22-15-13-19(5,6)21-14-12-16(3)4/h7-11,16,20H,1-2,12-15H2,3-6H3/b11-9-,17-10+. The van der Waals surface area contributed by atoms with Gasteiger partial charge < -0.3 is 9.39 Å². The minimum absolute atomic E-state index is 0.152. The van der Waals surface area contributed by atoms with E-state index >= 15 is 0 Å². The SMILES string of the molecule is C=C/C=C\C(=C/C=C)C(=S)SBOCCC(C)(C)OCCC(C)C. The van der Waals surface area contributed by atoms with Crippen molar-refractivity contribution in [3.63, 3.8) is 0 Å². The highest BCUT2D eigenvalue weighted by molar-refractivity contribution is 8.39. The molecule has 0 heterocycles. The zero-order chi connectivity index (χ0) is 18.4. The Bertz CT molecular complexity index is 454. The second kappa shape index (κ2) is 13.7. The van der Waals surface area contributed by atoms with Gasteiger partial charge in [-0.1, -0.05) is 69.6 Å². The van der Waals surface area contributed by atoms with Gasteiger partial charge in [-0.05, 0) is 38.2 Å². The summed E-state index contributed by atoms with van der Waals surface area (Å²) < 4.78 is 12.4. The fraction of sp³-hybridized carbons (Fsp3) is 0.526. The van der Waals surface area contributed by atoms with Crippen LogP contribution in [0.3, 0.4) is 0 Å². The number of thiocarbonyl (C=S) groups is 1. The van der Waals surface area contributed by atoms with Crippen molar-refractivity contribution in [3.05, 3.63) is 49.1 Å². The first-order valence-electron chi connectivity index (χ1n) is 8.33. The van der Waals surface area contributed by atoms with Gasteiger partial charge in [0.05, 0.1) is 9.80 Å². The molecule has 0 aliphatic rings. The Kier molecular flexibility index (Phi) is 13.3. The van der Waals surface area contributed by atoms with Crippen molar-refractivity contribution in [1.82, 2.24) is 0 Å². The maximum Gasteiger partial charge on any atom is 0.348 e. The van der Waals surface area contributed by atoms with Crippen molar-refractivity contribution in [2.24, 2.45) is 5.92 Å². The Balaban J connectivity index is 4.05. The molecule has 0 aliphatic heterocycles. The van der Waals surface area contributed by atoms with E-state index in [2.05, 4.69) is 40.9 Å². The van der Waals surface area contributed by atoms with Crippen molar-refractivity contribution in [1.29, 1.82) is 0 Å². The molecule has 0 N–H and O–H groups in total. The van der Waals surface area contributed by atoms with Crippen LogP contribution in [-0.2, 0) is 9.39 Å². The lowest BCUT2D eigenvalue weighted by molar-refractivity contribution is -0.0343. The van der Waals surface area contributed by atoms with Gasteiger partial charge in [-0.3, -0.25) is 0 Å². The molecule has 2 nitrogen and oxygen atoms in total. The van der Waals surface area contributed by atoms with E-state index in [1.54, 1.807) is 12.2 Å². The molecule has 5 heteroatoms. The van der Waals surface area contributed by atoms with Gasteiger partial charge in [0.25, 0.3) is 0 Å². The predicted molar refractivity (Wildman–Crippen MR) is 115 cm³/mol. The van der Waals surface area contributed by atoms with E-state index in [9.17, 15) is 0 Å². The summed E-state index contributed by atoms with van der Waals surface area (Å²) in [5.74, 6) is 0.669. The van der Waals surface area contributed by atoms with Crippen molar-refractivity contribution < 1.29 is 9.39 Å². The van der Waals surface area contributed by atoms with E-state index in [4.69, 9.17) is 21.6 Å². The molecule has 0 atom stereocenters. The summed E-state index contributed by atoms with van der Waals surface area (Å²) >= 11 is 6.93. The quantitative estimate of drug-likeness (QED) is 0.142. The van der Waals surface area contributed by atoms with E-state index in [0.717, 1.165) is 29.2 Å². The van der Waals surface area contributed by atoms with Crippen LogP contribution in [0.1, 0.15) is 40.5 Å². The number of hydrogen-bond donors (Lipinski definition) is 0. The third-order valence-electron chi connectivity index (χ3n) is 3.25. The predicted octanol–water partition coefficient (Wildman–Crippen LogP) is 5.42. The second-order valence-corrected chi connectivity index (χ2v) is 8.05. The highest BCUT2D eigenvalue weighted by atomic mass is 32.2. The molecule has 0 aliphatic carbocycles. The summed E-state index contributed by atoms with van der Waals surface area (Å²) in [6, 6.07) is 0. The van der Waals surface area contributed by atoms with E-state index in [1.807, 2.05) is 18.2 Å². The minimum Gasteiger partial charge on any atom is -0.428 e. The molecule has 0 aromatic carbocycles. The molecule has 0 saturated heterocycles. The summed E-state index contributed by atoms with van der Waals surface area (Å²) in [6.45, 7) is 18.0. The lowest BCUT2D eigenvalue weighted by atomic mass is 10.1. The van der Waals surface area contributed by atoms with Crippen molar-refractivity contribution in [2.75, 3.05) is 13.2 Å².